The van der Waals surface area contributed by atoms with Crippen molar-refractivity contribution in [3.63, 3.8) is 0 Å². The molecular formula is C34H28F4N12. The van der Waals surface area contributed by atoms with Gasteiger partial charge < -0.3 is 9.80 Å². The first-order valence-electron chi connectivity index (χ1n) is 15.7. The number of hydrogen-bond acceptors (Lipinski definition) is 12. The number of halogens is 4. The monoisotopic (exact) mass is 680 g/mol. The summed E-state index contributed by atoms with van der Waals surface area (Å²) in [6.07, 6.45) is 11.3. The molecule has 16 heteroatoms. The summed E-state index contributed by atoms with van der Waals surface area (Å²) in [5.74, 6) is -0.995. The third-order valence-corrected chi connectivity index (χ3v) is 8.46. The van der Waals surface area contributed by atoms with Gasteiger partial charge in [-0.3, -0.25) is 0 Å². The van der Waals surface area contributed by atoms with Crippen molar-refractivity contribution in [3.05, 3.63) is 120 Å². The lowest BCUT2D eigenvalue weighted by Gasteiger charge is -2.36. The van der Waals surface area contributed by atoms with E-state index in [-0.39, 0.29) is 17.9 Å². The van der Waals surface area contributed by atoms with Gasteiger partial charge in [-0.25, -0.2) is 49.2 Å². The topological polar surface area (TPSA) is 135 Å². The van der Waals surface area contributed by atoms with Gasteiger partial charge >= 0.3 is 0 Å². The molecule has 252 valence electrons. The number of aromatic nitrogens is 10. The van der Waals surface area contributed by atoms with Crippen LogP contribution in [0.5, 0.6) is 0 Å². The van der Waals surface area contributed by atoms with E-state index in [2.05, 4.69) is 49.8 Å². The van der Waals surface area contributed by atoms with Crippen molar-refractivity contribution in [2.24, 2.45) is 0 Å². The number of fused-ring (bicyclic) bond motifs is 2. The highest BCUT2D eigenvalue weighted by molar-refractivity contribution is 5.52. The van der Waals surface area contributed by atoms with Crippen molar-refractivity contribution in [1.82, 2.24) is 49.8 Å². The smallest absolute Gasteiger partial charge is 0.217 e. The minimum Gasteiger partial charge on any atom is -0.364 e. The fourth-order valence-corrected chi connectivity index (χ4v) is 6.06. The zero-order chi connectivity index (χ0) is 34.8. The molecule has 0 saturated heterocycles. The highest BCUT2D eigenvalue weighted by Gasteiger charge is 2.29. The molecule has 0 amide bonds. The molecule has 50 heavy (non-hydrogen) atoms. The number of nitrogens with zero attached hydrogens (tertiary/aromatic N) is 12. The molecule has 0 saturated carbocycles. The molecule has 2 aliphatic rings. The summed E-state index contributed by atoms with van der Waals surface area (Å²) in [5, 5.41) is 0. The van der Waals surface area contributed by atoms with E-state index in [1.165, 1.54) is 18.2 Å². The third kappa shape index (κ3) is 6.76. The van der Waals surface area contributed by atoms with Crippen molar-refractivity contribution in [2.45, 2.75) is 38.8 Å². The molecule has 8 heterocycles. The van der Waals surface area contributed by atoms with Crippen molar-refractivity contribution in [2.75, 3.05) is 22.9 Å². The van der Waals surface area contributed by atoms with Gasteiger partial charge in [0.25, 0.3) is 0 Å². The molecular weight excluding hydrogens is 652 g/mol. The number of pyridine rings is 2. The standard InChI is InChI=1S/2C17H14F2N6/c1-10-12-9-22-17(16-20-4-2-5-21-16)23-13(12)3-6-25(10)11-7-14(18)24-15(19)8-11;1-10-12-9-22-17(16-20-4-2-5-21-16)23-13(12)3-6-25(10)15-8-11(18)7-14(19)24-15/h2*2,4-5,7-10H,3,6H2,1H3. The molecule has 0 spiro atoms. The van der Waals surface area contributed by atoms with Gasteiger partial charge in [-0.05, 0) is 26.0 Å². The minimum absolute atomic E-state index is 0.115. The Kier molecular flexibility index (Phi) is 8.98. The van der Waals surface area contributed by atoms with E-state index in [1.807, 2.05) is 23.6 Å². The molecule has 2 unspecified atom stereocenters. The average Bonchev–Trinajstić information content (AvgIpc) is 3.12. The van der Waals surface area contributed by atoms with Crippen LogP contribution >= 0.6 is 0 Å². The van der Waals surface area contributed by atoms with E-state index in [4.69, 9.17) is 0 Å². The quantitative estimate of drug-likeness (QED) is 0.173. The summed E-state index contributed by atoms with van der Waals surface area (Å²) in [4.78, 5) is 45.2. The van der Waals surface area contributed by atoms with Gasteiger partial charge in [0, 0.05) is 104 Å². The predicted octanol–water partition coefficient (Wildman–Crippen LogP) is 5.46. The van der Waals surface area contributed by atoms with Crippen LogP contribution in [-0.4, -0.2) is 62.9 Å². The van der Waals surface area contributed by atoms with Crippen LogP contribution in [0.25, 0.3) is 23.3 Å². The maximum atomic E-state index is 13.5. The van der Waals surface area contributed by atoms with Crippen molar-refractivity contribution < 1.29 is 17.6 Å². The number of anilines is 2. The molecule has 0 fully saturated rings. The maximum absolute atomic E-state index is 13.5. The summed E-state index contributed by atoms with van der Waals surface area (Å²) < 4.78 is 53.8. The predicted molar refractivity (Wildman–Crippen MR) is 173 cm³/mol. The second-order valence-electron chi connectivity index (χ2n) is 11.5. The van der Waals surface area contributed by atoms with Crippen LogP contribution in [-0.2, 0) is 12.8 Å². The molecule has 6 aromatic rings. The van der Waals surface area contributed by atoms with Crippen LogP contribution in [0.1, 0.15) is 48.4 Å². The Hall–Kier alpha value is -6.06. The molecule has 0 N–H and O–H groups in total. The van der Waals surface area contributed by atoms with Crippen LogP contribution in [0.15, 0.2) is 73.6 Å². The van der Waals surface area contributed by atoms with Crippen molar-refractivity contribution >= 4 is 11.5 Å². The molecule has 0 bridgehead atoms. The average molecular weight is 681 g/mol. The molecule has 6 aromatic heterocycles. The van der Waals surface area contributed by atoms with Crippen LogP contribution in [0.3, 0.4) is 0 Å². The summed E-state index contributed by atoms with van der Waals surface area (Å²) in [6.45, 7) is 5.03. The largest absolute Gasteiger partial charge is 0.364 e. The van der Waals surface area contributed by atoms with Gasteiger partial charge in [-0.2, -0.15) is 18.2 Å². The second-order valence-corrected chi connectivity index (χ2v) is 11.5. The second kappa shape index (κ2) is 13.8. The molecule has 12 nitrogen and oxygen atoms in total. The third-order valence-electron chi connectivity index (χ3n) is 8.46. The lowest BCUT2D eigenvalue weighted by molar-refractivity contribution is 0.508. The Labute approximate surface area is 283 Å². The Morgan fingerprint density at radius 1 is 0.540 bits per heavy atom. The first-order valence-corrected chi connectivity index (χ1v) is 15.7. The summed E-state index contributed by atoms with van der Waals surface area (Å²) >= 11 is 0. The number of rotatable bonds is 4. The van der Waals surface area contributed by atoms with Crippen molar-refractivity contribution in [1.29, 1.82) is 0 Å². The normalized spacial score (nSPS) is 16.6. The molecule has 0 radical (unpaired) electrons. The molecule has 2 atom stereocenters. The van der Waals surface area contributed by atoms with E-state index >= 15 is 0 Å². The fourth-order valence-electron chi connectivity index (χ4n) is 6.06. The van der Waals surface area contributed by atoms with E-state index < -0.39 is 23.7 Å². The van der Waals surface area contributed by atoms with Crippen LogP contribution in [0.4, 0.5) is 29.1 Å². The fraction of sp³-hybridized carbons (Fsp3) is 0.235. The van der Waals surface area contributed by atoms with E-state index in [1.54, 1.807) is 49.3 Å². The Morgan fingerprint density at radius 2 is 1.02 bits per heavy atom. The first-order chi connectivity index (χ1) is 24.2. The van der Waals surface area contributed by atoms with Crippen LogP contribution < -0.4 is 9.80 Å². The van der Waals surface area contributed by atoms with Gasteiger partial charge in [0.15, 0.2) is 23.3 Å². The van der Waals surface area contributed by atoms with Gasteiger partial charge in [0.2, 0.25) is 17.8 Å². The lowest BCUT2D eigenvalue weighted by atomic mass is 9.99. The Bertz CT molecular complexity index is 1950. The Balaban J connectivity index is 0.000000157. The maximum Gasteiger partial charge on any atom is 0.217 e. The molecule has 0 aliphatic carbocycles. The zero-order valence-corrected chi connectivity index (χ0v) is 26.8. The molecule has 8 rings (SSSR count). The number of hydrogen-bond donors (Lipinski definition) is 0. The zero-order valence-electron chi connectivity index (χ0n) is 26.8. The molecule has 0 aromatic carbocycles. The summed E-state index contributed by atoms with van der Waals surface area (Å²) in [7, 11) is 0. The van der Waals surface area contributed by atoms with Gasteiger partial charge in [0.05, 0.1) is 23.5 Å². The molecule has 2 aliphatic heterocycles. The summed E-state index contributed by atoms with van der Waals surface area (Å²) in [5.41, 5.74) is 4.06. The van der Waals surface area contributed by atoms with Gasteiger partial charge in [0.1, 0.15) is 11.6 Å². The van der Waals surface area contributed by atoms with Crippen LogP contribution in [0.2, 0.25) is 0 Å². The summed E-state index contributed by atoms with van der Waals surface area (Å²) in [6, 6.07) is 7.66. The van der Waals surface area contributed by atoms with E-state index in [0.717, 1.165) is 28.6 Å². The van der Waals surface area contributed by atoms with Gasteiger partial charge in [-0.15, -0.1) is 0 Å². The van der Waals surface area contributed by atoms with Crippen molar-refractivity contribution in [3.8, 4) is 23.3 Å². The minimum atomic E-state index is -0.833. The SMILES string of the molecule is CC1c2cnc(-c3ncccn3)nc2CCN1c1cc(F)cc(F)n1.CC1c2cnc(-c3ncccn3)nc2CCN1c1cc(F)nc(F)c1. The highest BCUT2D eigenvalue weighted by atomic mass is 19.1. The lowest BCUT2D eigenvalue weighted by Crippen LogP contribution is -2.35. The van der Waals surface area contributed by atoms with Crippen LogP contribution in [0, 0.1) is 23.7 Å². The first kappa shape index (κ1) is 32.5. The van der Waals surface area contributed by atoms with E-state index in [9.17, 15) is 17.6 Å². The van der Waals surface area contributed by atoms with Gasteiger partial charge in [-0.1, -0.05) is 0 Å². The highest BCUT2D eigenvalue weighted by Crippen LogP contribution is 2.34. The Morgan fingerprint density at radius 3 is 1.54 bits per heavy atom. The van der Waals surface area contributed by atoms with E-state index in [0.29, 0.717) is 54.9 Å².